The molecule has 0 bridgehead atoms. The van der Waals surface area contributed by atoms with Crippen LogP contribution in [0.1, 0.15) is 37.9 Å². The lowest BCUT2D eigenvalue weighted by Crippen LogP contribution is -2.45. The van der Waals surface area contributed by atoms with E-state index >= 15 is 0 Å². The van der Waals surface area contributed by atoms with Crippen LogP contribution < -0.4 is 5.32 Å². The van der Waals surface area contributed by atoms with E-state index in [0.717, 1.165) is 25.7 Å². The van der Waals surface area contributed by atoms with Gasteiger partial charge in [0.1, 0.15) is 5.76 Å². The second-order valence-electron chi connectivity index (χ2n) is 6.04. The SMILES string of the molecule is Cc1cc(NC(=O)C2CCN(C(=O)C3CCC3)CC2)no1. The average molecular weight is 291 g/mol. The summed E-state index contributed by atoms with van der Waals surface area (Å²) in [5, 5.41) is 6.54. The highest BCUT2D eigenvalue weighted by Gasteiger charge is 2.33. The molecule has 1 aromatic rings. The maximum absolute atomic E-state index is 12.2. The molecule has 0 unspecified atom stereocenters. The van der Waals surface area contributed by atoms with Gasteiger partial charge < -0.3 is 14.7 Å². The highest BCUT2D eigenvalue weighted by molar-refractivity contribution is 5.91. The van der Waals surface area contributed by atoms with Crippen LogP contribution in [0, 0.1) is 18.8 Å². The van der Waals surface area contributed by atoms with Gasteiger partial charge in [-0.1, -0.05) is 11.6 Å². The molecule has 21 heavy (non-hydrogen) atoms. The normalized spacial score (nSPS) is 20.1. The van der Waals surface area contributed by atoms with Crippen molar-refractivity contribution in [3.8, 4) is 0 Å². The maximum atomic E-state index is 12.2. The maximum Gasteiger partial charge on any atom is 0.228 e. The Kier molecular flexibility index (Phi) is 3.94. The van der Waals surface area contributed by atoms with Gasteiger partial charge in [-0.05, 0) is 32.6 Å². The minimum Gasteiger partial charge on any atom is -0.360 e. The molecule has 1 N–H and O–H groups in total. The summed E-state index contributed by atoms with van der Waals surface area (Å²) in [7, 11) is 0. The van der Waals surface area contributed by atoms with Crippen molar-refractivity contribution in [3.05, 3.63) is 11.8 Å². The number of carbonyl (C=O) groups excluding carboxylic acids is 2. The molecule has 1 saturated carbocycles. The Balaban J connectivity index is 1.48. The predicted molar refractivity (Wildman–Crippen MR) is 76.5 cm³/mol. The summed E-state index contributed by atoms with van der Waals surface area (Å²) in [5.74, 6) is 1.59. The zero-order chi connectivity index (χ0) is 14.8. The van der Waals surface area contributed by atoms with Crippen LogP contribution in [-0.4, -0.2) is 35.0 Å². The molecule has 2 heterocycles. The van der Waals surface area contributed by atoms with Gasteiger partial charge in [0.2, 0.25) is 11.8 Å². The molecule has 2 fully saturated rings. The summed E-state index contributed by atoms with van der Waals surface area (Å²) in [5.41, 5.74) is 0. The number of rotatable bonds is 3. The lowest BCUT2D eigenvalue weighted by Gasteiger charge is -2.36. The second kappa shape index (κ2) is 5.87. The molecule has 1 aromatic heterocycles. The van der Waals surface area contributed by atoms with Gasteiger partial charge in [0, 0.05) is 31.0 Å². The van der Waals surface area contributed by atoms with Crippen molar-refractivity contribution in [2.45, 2.75) is 39.0 Å². The number of nitrogens with zero attached hydrogens (tertiary/aromatic N) is 2. The van der Waals surface area contributed by atoms with Crippen LogP contribution >= 0.6 is 0 Å². The minimum atomic E-state index is -0.0487. The lowest BCUT2D eigenvalue weighted by atomic mass is 9.83. The molecule has 2 amide bonds. The van der Waals surface area contributed by atoms with Gasteiger partial charge in [-0.2, -0.15) is 0 Å². The first-order chi connectivity index (χ1) is 10.1. The number of hydrogen-bond donors (Lipinski definition) is 1. The highest BCUT2D eigenvalue weighted by atomic mass is 16.5. The third-order valence-electron chi connectivity index (χ3n) is 4.51. The number of carbonyl (C=O) groups is 2. The molecule has 0 atom stereocenters. The first kappa shape index (κ1) is 14.1. The van der Waals surface area contributed by atoms with E-state index in [9.17, 15) is 9.59 Å². The number of hydrogen-bond acceptors (Lipinski definition) is 4. The Bertz CT molecular complexity index is 528. The Morgan fingerprint density at radius 3 is 2.48 bits per heavy atom. The van der Waals surface area contributed by atoms with Crippen molar-refractivity contribution in [1.29, 1.82) is 0 Å². The number of likely N-dealkylation sites (tertiary alicyclic amines) is 1. The van der Waals surface area contributed by atoms with Gasteiger partial charge in [0.15, 0.2) is 5.82 Å². The number of anilines is 1. The molecule has 114 valence electrons. The fourth-order valence-electron chi connectivity index (χ4n) is 2.93. The smallest absolute Gasteiger partial charge is 0.228 e. The summed E-state index contributed by atoms with van der Waals surface area (Å²) >= 11 is 0. The third-order valence-corrected chi connectivity index (χ3v) is 4.51. The third kappa shape index (κ3) is 3.09. The van der Waals surface area contributed by atoms with Crippen LogP contribution in [0.5, 0.6) is 0 Å². The first-order valence-electron chi connectivity index (χ1n) is 7.66. The molecule has 3 rings (SSSR count). The Morgan fingerprint density at radius 1 is 1.24 bits per heavy atom. The summed E-state index contributed by atoms with van der Waals surface area (Å²) in [6.07, 6.45) is 4.68. The molecular formula is C15H21N3O3. The Hall–Kier alpha value is -1.85. The largest absolute Gasteiger partial charge is 0.360 e. The van der Waals surface area contributed by atoms with E-state index in [2.05, 4.69) is 10.5 Å². The molecular weight excluding hydrogens is 270 g/mol. The van der Waals surface area contributed by atoms with Crippen molar-refractivity contribution in [2.24, 2.45) is 11.8 Å². The molecule has 1 aliphatic heterocycles. The Labute approximate surface area is 123 Å². The Morgan fingerprint density at radius 2 is 1.95 bits per heavy atom. The standard InChI is InChI=1S/C15H21N3O3/c1-10-9-13(17-21-10)16-14(19)11-5-7-18(8-6-11)15(20)12-3-2-4-12/h9,11-12H,2-8H2,1H3,(H,16,17,19). The van der Waals surface area contributed by atoms with Gasteiger partial charge in [-0.15, -0.1) is 0 Å². The highest BCUT2D eigenvalue weighted by Crippen LogP contribution is 2.30. The van der Waals surface area contributed by atoms with Crippen molar-refractivity contribution in [3.63, 3.8) is 0 Å². The van der Waals surface area contributed by atoms with Crippen molar-refractivity contribution >= 4 is 17.6 Å². The summed E-state index contributed by atoms with van der Waals surface area (Å²) in [4.78, 5) is 26.2. The van der Waals surface area contributed by atoms with Crippen LogP contribution in [0.25, 0.3) is 0 Å². The summed E-state index contributed by atoms with van der Waals surface area (Å²) in [6, 6.07) is 1.70. The van der Waals surface area contributed by atoms with Gasteiger partial charge in [-0.3, -0.25) is 9.59 Å². The molecule has 6 nitrogen and oxygen atoms in total. The zero-order valence-corrected chi connectivity index (χ0v) is 12.3. The van der Waals surface area contributed by atoms with Crippen LogP contribution in [0.4, 0.5) is 5.82 Å². The van der Waals surface area contributed by atoms with Crippen LogP contribution in [0.3, 0.4) is 0 Å². The van der Waals surface area contributed by atoms with Gasteiger partial charge in [0.25, 0.3) is 0 Å². The molecule has 0 aromatic carbocycles. The van der Waals surface area contributed by atoms with E-state index < -0.39 is 0 Å². The fourth-order valence-corrected chi connectivity index (χ4v) is 2.93. The van der Waals surface area contributed by atoms with Gasteiger partial charge in [0.05, 0.1) is 0 Å². The second-order valence-corrected chi connectivity index (χ2v) is 6.04. The van der Waals surface area contributed by atoms with Crippen molar-refractivity contribution < 1.29 is 14.1 Å². The van der Waals surface area contributed by atoms with Crippen LogP contribution in [0.2, 0.25) is 0 Å². The number of aryl methyl sites for hydroxylation is 1. The first-order valence-corrected chi connectivity index (χ1v) is 7.66. The van der Waals surface area contributed by atoms with E-state index in [4.69, 9.17) is 4.52 Å². The number of amides is 2. The van der Waals surface area contributed by atoms with Crippen molar-refractivity contribution in [2.75, 3.05) is 18.4 Å². The fraction of sp³-hybridized carbons (Fsp3) is 0.667. The molecule has 1 aliphatic carbocycles. The van der Waals surface area contributed by atoms with E-state index in [0.29, 0.717) is 24.7 Å². The van der Waals surface area contributed by atoms with Gasteiger partial charge >= 0.3 is 0 Å². The van der Waals surface area contributed by atoms with E-state index in [1.54, 1.807) is 13.0 Å². The van der Waals surface area contributed by atoms with Crippen LogP contribution in [0.15, 0.2) is 10.6 Å². The molecule has 6 heteroatoms. The number of nitrogens with one attached hydrogen (secondary N) is 1. The topological polar surface area (TPSA) is 75.4 Å². The monoisotopic (exact) mass is 291 g/mol. The molecule has 2 aliphatic rings. The molecule has 1 saturated heterocycles. The predicted octanol–water partition coefficient (Wildman–Crippen LogP) is 1.96. The van der Waals surface area contributed by atoms with Crippen LogP contribution in [-0.2, 0) is 9.59 Å². The van der Waals surface area contributed by atoms with E-state index in [-0.39, 0.29) is 23.7 Å². The number of aromatic nitrogens is 1. The molecule has 0 spiro atoms. The van der Waals surface area contributed by atoms with E-state index in [1.165, 1.54) is 6.42 Å². The average Bonchev–Trinajstić information content (AvgIpc) is 2.82. The quantitative estimate of drug-likeness (QED) is 0.923. The van der Waals surface area contributed by atoms with Gasteiger partial charge in [-0.25, -0.2) is 0 Å². The lowest BCUT2D eigenvalue weighted by molar-refractivity contribution is -0.140. The summed E-state index contributed by atoms with van der Waals surface area (Å²) < 4.78 is 4.93. The number of piperidine rings is 1. The zero-order valence-electron chi connectivity index (χ0n) is 12.3. The molecule has 0 radical (unpaired) electrons. The minimum absolute atomic E-state index is 0.0287. The van der Waals surface area contributed by atoms with Crippen molar-refractivity contribution in [1.82, 2.24) is 10.1 Å². The van der Waals surface area contributed by atoms with E-state index in [1.807, 2.05) is 4.90 Å². The summed E-state index contributed by atoms with van der Waals surface area (Å²) in [6.45, 7) is 3.16.